The van der Waals surface area contributed by atoms with Gasteiger partial charge in [0.25, 0.3) is 0 Å². The highest BCUT2D eigenvalue weighted by molar-refractivity contribution is 5.26. The van der Waals surface area contributed by atoms with E-state index in [1.54, 1.807) is 12.0 Å². The van der Waals surface area contributed by atoms with Gasteiger partial charge in [-0.05, 0) is 43.5 Å². The van der Waals surface area contributed by atoms with Gasteiger partial charge in [0.2, 0.25) is 0 Å². The van der Waals surface area contributed by atoms with Gasteiger partial charge in [-0.2, -0.15) is 0 Å². The SMILES string of the molecule is COc1ccc(C[NH+]2CC[NH+](CC3CC=CCC3)CC2)cc1. The van der Waals surface area contributed by atoms with Crippen molar-refractivity contribution in [3.8, 4) is 5.75 Å². The van der Waals surface area contributed by atoms with Gasteiger partial charge in [-0.25, -0.2) is 0 Å². The van der Waals surface area contributed by atoms with Crippen LogP contribution in [0.4, 0.5) is 0 Å². The van der Waals surface area contributed by atoms with Crippen LogP contribution in [-0.2, 0) is 6.54 Å². The summed E-state index contributed by atoms with van der Waals surface area (Å²) in [6.45, 7) is 7.84. The third kappa shape index (κ3) is 4.34. The normalized spacial score (nSPS) is 28.5. The number of rotatable bonds is 5. The van der Waals surface area contributed by atoms with Gasteiger partial charge < -0.3 is 14.5 Å². The topological polar surface area (TPSA) is 18.1 Å². The Labute approximate surface area is 134 Å². The van der Waals surface area contributed by atoms with Crippen LogP contribution in [0, 0.1) is 5.92 Å². The van der Waals surface area contributed by atoms with Crippen molar-refractivity contribution in [2.24, 2.45) is 5.92 Å². The second-order valence-electron chi connectivity index (χ2n) is 6.88. The fraction of sp³-hybridized carbons (Fsp3) is 0.579. The molecule has 1 fully saturated rings. The standard InChI is InChI=1S/C19H28N2O/c1-22-19-9-7-18(8-10-19)16-21-13-11-20(12-14-21)15-17-5-3-2-4-6-17/h2-3,7-10,17H,4-6,11-16H2,1H3/p+2. The van der Waals surface area contributed by atoms with Crippen LogP contribution in [-0.4, -0.2) is 39.8 Å². The van der Waals surface area contributed by atoms with Crippen LogP contribution in [0.3, 0.4) is 0 Å². The highest BCUT2D eigenvalue weighted by Gasteiger charge is 2.25. The average Bonchev–Trinajstić information content (AvgIpc) is 2.58. The van der Waals surface area contributed by atoms with Crippen molar-refractivity contribution in [1.29, 1.82) is 0 Å². The van der Waals surface area contributed by atoms with Gasteiger partial charge in [-0.3, -0.25) is 0 Å². The molecule has 1 aliphatic carbocycles. The molecule has 2 N–H and O–H groups in total. The molecule has 1 unspecified atom stereocenters. The van der Waals surface area contributed by atoms with Gasteiger partial charge in [0.15, 0.2) is 0 Å². The molecule has 0 amide bonds. The van der Waals surface area contributed by atoms with Gasteiger partial charge in [0, 0.05) is 11.5 Å². The summed E-state index contributed by atoms with van der Waals surface area (Å²) in [6, 6.07) is 8.57. The fourth-order valence-electron chi connectivity index (χ4n) is 3.82. The Morgan fingerprint density at radius 3 is 2.36 bits per heavy atom. The summed E-state index contributed by atoms with van der Waals surface area (Å²) < 4.78 is 5.23. The largest absolute Gasteiger partial charge is 0.497 e. The van der Waals surface area contributed by atoms with E-state index in [0.29, 0.717) is 0 Å². The average molecular weight is 302 g/mol. The maximum absolute atomic E-state index is 5.23. The quantitative estimate of drug-likeness (QED) is 0.751. The van der Waals surface area contributed by atoms with E-state index < -0.39 is 0 Å². The minimum absolute atomic E-state index is 0.933. The predicted molar refractivity (Wildman–Crippen MR) is 89.4 cm³/mol. The monoisotopic (exact) mass is 302 g/mol. The summed E-state index contributed by atoms with van der Waals surface area (Å²) in [5.74, 6) is 1.89. The molecule has 1 heterocycles. The zero-order valence-corrected chi connectivity index (χ0v) is 13.8. The first-order valence-corrected chi connectivity index (χ1v) is 8.78. The third-order valence-corrected chi connectivity index (χ3v) is 5.23. The Morgan fingerprint density at radius 1 is 1.00 bits per heavy atom. The maximum atomic E-state index is 5.23. The lowest BCUT2D eigenvalue weighted by Gasteiger charge is -2.32. The molecule has 3 heteroatoms. The number of hydrogen-bond acceptors (Lipinski definition) is 1. The van der Waals surface area contributed by atoms with Crippen molar-refractivity contribution < 1.29 is 14.5 Å². The minimum atomic E-state index is 0.933. The number of hydrogen-bond donors (Lipinski definition) is 2. The Morgan fingerprint density at radius 2 is 1.73 bits per heavy atom. The molecule has 0 aromatic heterocycles. The molecule has 0 saturated carbocycles. The van der Waals surface area contributed by atoms with Crippen molar-refractivity contribution in [3.05, 3.63) is 42.0 Å². The maximum Gasteiger partial charge on any atom is 0.127 e. The van der Waals surface area contributed by atoms with E-state index in [1.807, 2.05) is 4.90 Å². The molecule has 1 saturated heterocycles. The van der Waals surface area contributed by atoms with Gasteiger partial charge in [0.05, 0.1) is 13.7 Å². The summed E-state index contributed by atoms with van der Waals surface area (Å²) in [6.07, 6.45) is 8.75. The molecule has 120 valence electrons. The van der Waals surface area contributed by atoms with Gasteiger partial charge in [-0.1, -0.05) is 12.2 Å². The molecule has 1 aromatic carbocycles. The second kappa shape index (κ2) is 7.80. The summed E-state index contributed by atoms with van der Waals surface area (Å²) in [5.41, 5.74) is 1.43. The first kappa shape index (κ1) is 15.6. The highest BCUT2D eigenvalue weighted by Crippen LogP contribution is 2.16. The summed E-state index contributed by atoms with van der Waals surface area (Å²) in [4.78, 5) is 3.57. The molecular formula is C19H30N2O+2. The number of ether oxygens (including phenoxy) is 1. The van der Waals surface area contributed by atoms with Crippen LogP contribution < -0.4 is 14.5 Å². The van der Waals surface area contributed by atoms with Crippen molar-refractivity contribution in [1.82, 2.24) is 0 Å². The molecular weight excluding hydrogens is 272 g/mol. The van der Waals surface area contributed by atoms with E-state index >= 15 is 0 Å². The third-order valence-electron chi connectivity index (χ3n) is 5.23. The minimum Gasteiger partial charge on any atom is -0.497 e. The first-order chi connectivity index (χ1) is 10.8. The molecule has 2 aliphatic rings. The molecule has 1 atom stereocenters. The van der Waals surface area contributed by atoms with E-state index in [-0.39, 0.29) is 0 Å². The highest BCUT2D eigenvalue weighted by atomic mass is 16.5. The van der Waals surface area contributed by atoms with Crippen molar-refractivity contribution in [3.63, 3.8) is 0 Å². The lowest BCUT2D eigenvalue weighted by molar-refractivity contribution is -1.02. The Hall–Kier alpha value is -1.32. The van der Waals surface area contributed by atoms with Gasteiger partial charge in [-0.15, -0.1) is 0 Å². The molecule has 22 heavy (non-hydrogen) atoms. The molecule has 3 nitrogen and oxygen atoms in total. The van der Waals surface area contributed by atoms with E-state index in [2.05, 4.69) is 36.4 Å². The number of piperazine rings is 1. The number of quaternary nitrogens is 2. The number of allylic oxidation sites excluding steroid dienone is 2. The Bertz CT molecular complexity index is 475. The zero-order chi connectivity index (χ0) is 15.2. The number of nitrogens with one attached hydrogen (secondary N) is 2. The lowest BCUT2D eigenvalue weighted by Crippen LogP contribution is -3.27. The van der Waals surface area contributed by atoms with Crippen LogP contribution in [0.5, 0.6) is 5.75 Å². The zero-order valence-electron chi connectivity index (χ0n) is 13.8. The molecule has 1 aromatic rings. The van der Waals surface area contributed by atoms with Gasteiger partial charge >= 0.3 is 0 Å². The number of benzene rings is 1. The fourth-order valence-corrected chi connectivity index (χ4v) is 3.82. The summed E-state index contributed by atoms with van der Waals surface area (Å²) >= 11 is 0. The van der Waals surface area contributed by atoms with E-state index in [4.69, 9.17) is 4.74 Å². The van der Waals surface area contributed by atoms with Crippen LogP contribution in [0.2, 0.25) is 0 Å². The van der Waals surface area contributed by atoms with Crippen LogP contribution >= 0.6 is 0 Å². The van der Waals surface area contributed by atoms with Crippen molar-refractivity contribution >= 4 is 0 Å². The molecule has 0 radical (unpaired) electrons. The molecule has 0 bridgehead atoms. The first-order valence-electron chi connectivity index (χ1n) is 8.78. The van der Waals surface area contributed by atoms with Crippen molar-refractivity contribution in [2.75, 3.05) is 39.8 Å². The molecule has 1 aliphatic heterocycles. The molecule has 0 spiro atoms. The number of methoxy groups -OCH3 is 1. The Kier molecular flexibility index (Phi) is 5.52. The van der Waals surface area contributed by atoms with Crippen LogP contribution in [0.25, 0.3) is 0 Å². The van der Waals surface area contributed by atoms with Crippen LogP contribution in [0.1, 0.15) is 24.8 Å². The van der Waals surface area contributed by atoms with Gasteiger partial charge in [0.1, 0.15) is 38.5 Å². The Balaban J connectivity index is 1.42. The second-order valence-corrected chi connectivity index (χ2v) is 6.88. The smallest absolute Gasteiger partial charge is 0.127 e. The summed E-state index contributed by atoms with van der Waals surface area (Å²) in [5, 5.41) is 0. The van der Waals surface area contributed by atoms with Crippen molar-refractivity contribution in [2.45, 2.75) is 25.8 Å². The lowest BCUT2D eigenvalue weighted by atomic mass is 9.94. The summed E-state index contributed by atoms with van der Waals surface area (Å²) in [7, 11) is 1.73. The van der Waals surface area contributed by atoms with E-state index in [0.717, 1.165) is 18.2 Å². The molecule has 3 rings (SSSR count). The van der Waals surface area contributed by atoms with E-state index in [9.17, 15) is 0 Å². The van der Waals surface area contributed by atoms with Crippen LogP contribution in [0.15, 0.2) is 36.4 Å². The predicted octanol–water partition coefficient (Wildman–Crippen LogP) is 0.335. The van der Waals surface area contributed by atoms with E-state index in [1.165, 1.54) is 57.5 Å².